The molecule has 0 fully saturated rings. The van der Waals surface area contributed by atoms with E-state index in [-0.39, 0.29) is 11.2 Å². The third-order valence-electron chi connectivity index (χ3n) is 4.63. The summed E-state index contributed by atoms with van der Waals surface area (Å²) in [5.74, 6) is 0.865. The van der Waals surface area contributed by atoms with Gasteiger partial charge in [-0.25, -0.2) is 0 Å². The van der Waals surface area contributed by atoms with Crippen LogP contribution in [0.4, 0.5) is 0 Å². The zero-order valence-electron chi connectivity index (χ0n) is 16.6. The quantitative estimate of drug-likeness (QED) is 0.584. The van der Waals surface area contributed by atoms with E-state index < -0.39 is 0 Å². The number of benzene rings is 2. The lowest BCUT2D eigenvalue weighted by Gasteiger charge is -2.13. The average molecular weight is 395 g/mol. The molecule has 0 saturated carbocycles. The fourth-order valence-electron chi connectivity index (χ4n) is 3.01. The SMILES string of the molecule is CCn1c(SC(C)C(=O)NCCc2ccccc2)nnc1-c1ccccc1C. The van der Waals surface area contributed by atoms with Gasteiger partial charge < -0.3 is 9.88 Å². The molecule has 3 rings (SSSR count). The molecule has 1 unspecified atom stereocenters. The molecule has 0 aliphatic heterocycles. The Labute approximate surface area is 170 Å². The molecule has 0 spiro atoms. The van der Waals surface area contributed by atoms with Gasteiger partial charge in [0, 0.05) is 18.7 Å². The molecule has 1 heterocycles. The van der Waals surface area contributed by atoms with Gasteiger partial charge in [0.25, 0.3) is 0 Å². The van der Waals surface area contributed by atoms with Crippen LogP contribution in [-0.2, 0) is 17.8 Å². The summed E-state index contributed by atoms with van der Waals surface area (Å²) in [7, 11) is 0. The minimum Gasteiger partial charge on any atom is -0.355 e. The van der Waals surface area contributed by atoms with Crippen LogP contribution in [0.5, 0.6) is 0 Å². The zero-order chi connectivity index (χ0) is 19.9. The second kappa shape index (κ2) is 9.55. The van der Waals surface area contributed by atoms with Gasteiger partial charge in [0.15, 0.2) is 11.0 Å². The summed E-state index contributed by atoms with van der Waals surface area (Å²) in [6.07, 6.45) is 0.826. The Morgan fingerprint density at radius 2 is 1.82 bits per heavy atom. The molecule has 6 heteroatoms. The van der Waals surface area contributed by atoms with E-state index in [1.165, 1.54) is 17.3 Å². The van der Waals surface area contributed by atoms with Gasteiger partial charge in [-0.15, -0.1) is 10.2 Å². The van der Waals surface area contributed by atoms with Crippen LogP contribution < -0.4 is 5.32 Å². The van der Waals surface area contributed by atoms with Gasteiger partial charge in [0.1, 0.15) is 0 Å². The second-order valence-electron chi connectivity index (χ2n) is 6.65. The topological polar surface area (TPSA) is 59.8 Å². The number of carbonyl (C=O) groups is 1. The van der Waals surface area contributed by atoms with Crippen LogP contribution >= 0.6 is 11.8 Å². The Kier molecular flexibility index (Phi) is 6.87. The largest absolute Gasteiger partial charge is 0.355 e. The molecule has 0 aliphatic rings. The fourth-order valence-corrected chi connectivity index (χ4v) is 3.95. The van der Waals surface area contributed by atoms with E-state index in [9.17, 15) is 4.79 Å². The summed E-state index contributed by atoms with van der Waals surface area (Å²) in [6.45, 7) is 7.42. The van der Waals surface area contributed by atoms with Crippen LogP contribution in [0.2, 0.25) is 0 Å². The highest BCUT2D eigenvalue weighted by molar-refractivity contribution is 8.00. The van der Waals surface area contributed by atoms with Crippen molar-refractivity contribution in [1.29, 1.82) is 0 Å². The number of aryl methyl sites for hydroxylation is 1. The first-order valence-corrected chi connectivity index (χ1v) is 10.5. The average Bonchev–Trinajstić information content (AvgIpc) is 3.11. The van der Waals surface area contributed by atoms with E-state index in [2.05, 4.69) is 58.2 Å². The molecule has 0 aliphatic carbocycles. The van der Waals surface area contributed by atoms with E-state index in [1.807, 2.05) is 37.3 Å². The van der Waals surface area contributed by atoms with Crippen LogP contribution in [0.25, 0.3) is 11.4 Å². The monoisotopic (exact) mass is 394 g/mol. The number of carbonyl (C=O) groups excluding carboxylic acids is 1. The molecule has 0 radical (unpaired) electrons. The lowest BCUT2D eigenvalue weighted by atomic mass is 10.1. The maximum Gasteiger partial charge on any atom is 0.233 e. The van der Waals surface area contributed by atoms with Gasteiger partial charge in [-0.3, -0.25) is 4.79 Å². The molecule has 146 valence electrons. The summed E-state index contributed by atoms with van der Waals surface area (Å²) in [6, 6.07) is 18.3. The zero-order valence-corrected chi connectivity index (χ0v) is 17.4. The predicted octanol–water partition coefficient (Wildman–Crippen LogP) is 4.11. The van der Waals surface area contributed by atoms with Gasteiger partial charge >= 0.3 is 0 Å². The Morgan fingerprint density at radius 1 is 1.11 bits per heavy atom. The fraction of sp³-hybridized carbons (Fsp3) is 0.318. The number of aromatic nitrogens is 3. The summed E-state index contributed by atoms with van der Waals surface area (Å²) < 4.78 is 2.07. The highest BCUT2D eigenvalue weighted by atomic mass is 32.2. The van der Waals surface area contributed by atoms with Crippen molar-refractivity contribution in [1.82, 2.24) is 20.1 Å². The number of nitrogens with one attached hydrogen (secondary N) is 1. The number of rotatable bonds is 8. The van der Waals surface area contributed by atoms with E-state index >= 15 is 0 Å². The lowest BCUT2D eigenvalue weighted by Crippen LogP contribution is -2.32. The van der Waals surface area contributed by atoms with E-state index in [0.29, 0.717) is 6.54 Å². The standard InChI is InChI=1S/C22H26N4OS/c1-4-26-20(19-13-9-8-10-16(19)2)24-25-22(26)28-17(3)21(27)23-15-14-18-11-6-5-7-12-18/h5-13,17H,4,14-15H2,1-3H3,(H,23,27). The van der Waals surface area contributed by atoms with E-state index in [1.54, 1.807) is 0 Å². The van der Waals surface area contributed by atoms with Crippen LogP contribution in [0, 0.1) is 6.92 Å². The highest BCUT2D eigenvalue weighted by Gasteiger charge is 2.20. The summed E-state index contributed by atoms with van der Waals surface area (Å²) >= 11 is 1.45. The van der Waals surface area contributed by atoms with Crippen LogP contribution in [-0.4, -0.2) is 32.5 Å². The Hall–Kier alpha value is -2.60. The van der Waals surface area contributed by atoms with Gasteiger partial charge in [0.05, 0.1) is 5.25 Å². The van der Waals surface area contributed by atoms with E-state index in [0.717, 1.165) is 35.1 Å². The van der Waals surface area contributed by atoms with Crippen LogP contribution in [0.3, 0.4) is 0 Å². The van der Waals surface area contributed by atoms with Crippen molar-refractivity contribution < 1.29 is 4.79 Å². The van der Waals surface area contributed by atoms with Crippen molar-refractivity contribution in [3.8, 4) is 11.4 Å². The van der Waals surface area contributed by atoms with Crippen molar-refractivity contribution in [2.75, 3.05) is 6.54 Å². The molecule has 1 N–H and O–H groups in total. The van der Waals surface area contributed by atoms with Crippen molar-refractivity contribution in [2.24, 2.45) is 0 Å². The Morgan fingerprint density at radius 3 is 2.54 bits per heavy atom. The molecule has 2 aromatic carbocycles. The van der Waals surface area contributed by atoms with Gasteiger partial charge in [-0.2, -0.15) is 0 Å². The van der Waals surface area contributed by atoms with Crippen molar-refractivity contribution in [2.45, 2.75) is 44.1 Å². The smallest absolute Gasteiger partial charge is 0.233 e. The first kappa shape index (κ1) is 20.1. The Balaban J connectivity index is 1.63. The molecule has 0 saturated heterocycles. The first-order valence-electron chi connectivity index (χ1n) is 9.57. The van der Waals surface area contributed by atoms with Crippen LogP contribution in [0.1, 0.15) is 25.0 Å². The van der Waals surface area contributed by atoms with Crippen molar-refractivity contribution in [3.05, 3.63) is 65.7 Å². The van der Waals surface area contributed by atoms with Crippen LogP contribution in [0.15, 0.2) is 59.8 Å². The first-order chi connectivity index (χ1) is 13.6. The predicted molar refractivity (Wildman–Crippen MR) is 114 cm³/mol. The number of thioether (sulfide) groups is 1. The van der Waals surface area contributed by atoms with Crippen molar-refractivity contribution >= 4 is 17.7 Å². The number of amides is 1. The summed E-state index contributed by atoms with van der Waals surface area (Å²) in [5, 5.41) is 12.3. The van der Waals surface area contributed by atoms with Crippen molar-refractivity contribution in [3.63, 3.8) is 0 Å². The number of nitrogens with zero attached hydrogens (tertiary/aromatic N) is 3. The molecule has 1 atom stereocenters. The molecular weight excluding hydrogens is 368 g/mol. The Bertz CT molecular complexity index is 923. The summed E-state index contributed by atoms with van der Waals surface area (Å²) in [4.78, 5) is 12.5. The molecule has 1 amide bonds. The summed E-state index contributed by atoms with van der Waals surface area (Å²) in [5.41, 5.74) is 3.45. The molecular formula is C22H26N4OS. The normalized spacial score (nSPS) is 12.0. The molecule has 1 aromatic heterocycles. The second-order valence-corrected chi connectivity index (χ2v) is 7.96. The molecule has 28 heavy (non-hydrogen) atoms. The maximum absolute atomic E-state index is 12.5. The molecule has 5 nitrogen and oxygen atoms in total. The van der Waals surface area contributed by atoms with Gasteiger partial charge in [0.2, 0.25) is 5.91 Å². The lowest BCUT2D eigenvalue weighted by molar-refractivity contribution is -0.120. The minimum absolute atomic E-state index is 0.0176. The van der Waals surface area contributed by atoms with Gasteiger partial charge in [-0.05, 0) is 38.3 Å². The highest BCUT2D eigenvalue weighted by Crippen LogP contribution is 2.28. The maximum atomic E-state index is 12.5. The number of hydrogen-bond donors (Lipinski definition) is 1. The number of hydrogen-bond acceptors (Lipinski definition) is 4. The minimum atomic E-state index is -0.241. The van der Waals surface area contributed by atoms with E-state index in [4.69, 9.17) is 0 Å². The molecule has 3 aromatic rings. The van der Waals surface area contributed by atoms with Gasteiger partial charge in [-0.1, -0.05) is 66.4 Å². The molecule has 0 bridgehead atoms. The third-order valence-corrected chi connectivity index (χ3v) is 5.71. The third kappa shape index (κ3) is 4.81.